The van der Waals surface area contributed by atoms with Gasteiger partial charge in [-0.15, -0.1) is 0 Å². The van der Waals surface area contributed by atoms with Crippen molar-refractivity contribution in [3.05, 3.63) is 28.0 Å². The lowest BCUT2D eigenvalue weighted by atomic mass is 10.0. The molecule has 3 nitrogen and oxygen atoms in total. The van der Waals surface area contributed by atoms with Crippen molar-refractivity contribution in [1.29, 1.82) is 0 Å². The molecule has 1 rings (SSSR count). The van der Waals surface area contributed by atoms with Crippen LogP contribution in [0.4, 0.5) is 10.1 Å². The first kappa shape index (κ1) is 14.0. The third kappa shape index (κ3) is 3.43. The van der Waals surface area contributed by atoms with Crippen molar-refractivity contribution in [2.45, 2.75) is 26.8 Å². The molecule has 0 heterocycles. The van der Waals surface area contributed by atoms with Crippen LogP contribution in [-0.4, -0.2) is 17.1 Å². The van der Waals surface area contributed by atoms with Gasteiger partial charge in [-0.1, -0.05) is 13.8 Å². The molecule has 0 radical (unpaired) electrons. The Morgan fingerprint density at radius 1 is 1.47 bits per heavy atom. The van der Waals surface area contributed by atoms with E-state index in [1.165, 1.54) is 6.07 Å². The Morgan fingerprint density at radius 2 is 2.06 bits per heavy atom. The van der Waals surface area contributed by atoms with Gasteiger partial charge in [0.05, 0.1) is 4.47 Å². The van der Waals surface area contributed by atoms with Crippen molar-refractivity contribution in [2.75, 3.05) is 5.32 Å². The molecule has 2 N–H and O–H groups in total. The molecule has 0 aliphatic heterocycles. The molecule has 1 atom stereocenters. The summed E-state index contributed by atoms with van der Waals surface area (Å²) in [5, 5.41) is 12.0. The summed E-state index contributed by atoms with van der Waals surface area (Å²) >= 11 is 3.08. The molecule has 0 aromatic heterocycles. The predicted molar refractivity (Wildman–Crippen MR) is 68.7 cm³/mol. The summed E-state index contributed by atoms with van der Waals surface area (Å²) in [5.41, 5.74) is 1.30. The predicted octanol–water partition coefficient (Wildman–Crippen LogP) is 3.42. The van der Waals surface area contributed by atoms with E-state index < -0.39 is 12.0 Å². The highest BCUT2D eigenvalue weighted by Gasteiger charge is 2.22. The number of benzene rings is 1. The monoisotopic (exact) mass is 303 g/mol. The van der Waals surface area contributed by atoms with E-state index in [1.807, 2.05) is 13.8 Å². The first-order valence-electron chi connectivity index (χ1n) is 5.28. The van der Waals surface area contributed by atoms with Gasteiger partial charge in [-0.05, 0) is 46.5 Å². The van der Waals surface area contributed by atoms with Gasteiger partial charge >= 0.3 is 5.97 Å². The Labute approximate surface area is 108 Å². The molecule has 0 spiro atoms. The number of carbonyl (C=O) groups is 1. The van der Waals surface area contributed by atoms with E-state index in [0.29, 0.717) is 15.7 Å². The third-order valence-electron chi connectivity index (χ3n) is 2.51. The zero-order valence-corrected chi connectivity index (χ0v) is 11.5. The molecule has 0 saturated carbocycles. The summed E-state index contributed by atoms with van der Waals surface area (Å²) < 4.78 is 13.5. The Bertz CT molecular complexity index is 435. The van der Waals surface area contributed by atoms with E-state index in [2.05, 4.69) is 21.2 Å². The Hall–Kier alpha value is -1.10. The molecule has 0 amide bonds. The number of anilines is 1. The Kier molecular flexibility index (Phi) is 4.51. The van der Waals surface area contributed by atoms with Crippen LogP contribution in [0.15, 0.2) is 16.6 Å². The zero-order valence-electron chi connectivity index (χ0n) is 9.92. The molecule has 94 valence electrons. The lowest BCUT2D eigenvalue weighted by Crippen LogP contribution is -2.34. The van der Waals surface area contributed by atoms with Crippen LogP contribution in [0.2, 0.25) is 0 Å². The van der Waals surface area contributed by atoms with Crippen LogP contribution in [0.3, 0.4) is 0 Å². The van der Waals surface area contributed by atoms with Crippen LogP contribution in [0, 0.1) is 18.7 Å². The fourth-order valence-corrected chi connectivity index (χ4v) is 1.83. The largest absolute Gasteiger partial charge is 0.480 e. The maximum atomic E-state index is 13.2. The van der Waals surface area contributed by atoms with Gasteiger partial charge in [-0.2, -0.15) is 0 Å². The zero-order chi connectivity index (χ0) is 13.2. The van der Waals surface area contributed by atoms with Crippen molar-refractivity contribution in [1.82, 2.24) is 0 Å². The molecule has 0 aliphatic rings. The minimum atomic E-state index is -0.917. The van der Waals surface area contributed by atoms with E-state index >= 15 is 0 Å². The van der Waals surface area contributed by atoms with Gasteiger partial charge in [-0.3, -0.25) is 0 Å². The molecule has 17 heavy (non-hydrogen) atoms. The minimum absolute atomic E-state index is 0.0595. The molecule has 1 unspecified atom stereocenters. The number of halogens is 2. The van der Waals surface area contributed by atoms with Gasteiger partial charge in [0.2, 0.25) is 0 Å². The molecule has 1 aromatic carbocycles. The number of nitrogens with one attached hydrogen (secondary N) is 1. The number of rotatable bonds is 4. The van der Waals surface area contributed by atoms with Crippen molar-refractivity contribution in [2.24, 2.45) is 5.92 Å². The Morgan fingerprint density at radius 3 is 2.53 bits per heavy atom. The van der Waals surface area contributed by atoms with Crippen LogP contribution in [0.25, 0.3) is 0 Å². The number of aliphatic carboxylic acids is 1. The molecule has 1 aromatic rings. The van der Waals surface area contributed by atoms with Gasteiger partial charge in [0.15, 0.2) is 0 Å². The van der Waals surface area contributed by atoms with Crippen LogP contribution in [-0.2, 0) is 4.79 Å². The molecule has 0 fully saturated rings. The summed E-state index contributed by atoms with van der Waals surface area (Å²) in [6.07, 6.45) is 0. The number of hydrogen-bond acceptors (Lipinski definition) is 2. The van der Waals surface area contributed by atoms with E-state index in [0.717, 1.165) is 0 Å². The summed E-state index contributed by atoms with van der Waals surface area (Å²) in [4.78, 5) is 11.1. The molecule has 0 bridgehead atoms. The lowest BCUT2D eigenvalue weighted by molar-refractivity contribution is -0.138. The number of carboxylic acids is 1. The van der Waals surface area contributed by atoms with E-state index in [1.54, 1.807) is 13.0 Å². The van der Waals surface area contributed by atoms with E-state index in [4.69, 9.17) is 5.11 Å². The maximum Gasteiger partial charge on any atom is 0.326 e. The molecular weight excluding hydrogens is 289 g/mol. The van der Waals surface area contributed by atoms with Gasteiger partial charge in [-0.25, -0.2) is 9.18 Å². The topological polar surface area (TPSA) is 49.3 Å². The second-order valence-corrected chi connectivity index (χ2v) is 5.14. The molecular formula is C12H15BrFNO2. The highest BCUT2D eigenvalue weighted by atomic mass is 79.9. The first-order chi connectivity index (χ1) is 7.82. The molecule has 5 heteroatoms. The normalized spacial score (nSPS) is 12.6. The average Bonchev–Trinajstić information content (AvgIpc) is 2.20. The van der Waals surface area contributed by atoms with Gasteiger partial charge < -0.3 is 10.4 Å². The summed E-state index contributed by atoms with van der Waals surface area (Å²) in [7, 11) is 0. The van der Waals surface area contributed by atoms with Crippen molar-refractivity contribution in [3.8, 4) is 0 Å². The number of carboxylic acid groups (broad SMARTS) is 1. The third-order valence-corrected chi connectivity index (χ3v) is 3.12. The highest BCUT2D eigenvalue weighted by Crippen LogP contribution is 2.25. The fourth-order valence-electron chi connectivity index (χ4n) is 1.48. The second-order valence-electron chi connectivity index (χ2n) is 4.29. The first-order valence-corrected chi connectivity index (χ1v) is 6.07. The number of hydrogen-bond donors (Lipinski definition) is 2. The van der Waals surface area contributed by atoms with Crippen molar-refractivity contribution in [3.63, 3.8) is 0 Å². The fraction of sp³-hybridized carbons (Fsp3) is 0.417. The van der Waals surface area contributed by atoms with Crippen LogP contribution >= 0.6 is 15.9 Å². The number of aryl methyl sites for hydroxylation is 1. The van der Waals surface area contributed by atoms with Crippen molar-refractivity contribution >= 4 is 27.6 Å². The van der Waals surface area contributed by atoms with Gasteiger partial charge in [0.25, 0.3) is 0 Å². The van der Waals surface area contributed by atoms with Crippen molar-refractivity contribution < 1.29 is 14.3 Å². The molecule has 0 saturated heterocycles. The lowest BCUT2D eigenvalue weighted by Gasteiger charge is -2.20. The summed E-state index contributed by atoms with van der Waals surface area (Å²) in [6.45, 7) is 5.37. The summed E-state index contributed by atoms with van der Waals surface area (Å²) in [6, 6.07) is 2.24. The van der Waals surface area contributed by atoms with E-state index in [-0.39, 0.29) is 11.7 Å². The van der Waals surface area contributed by atoms with Crippen LogP contribution in [0.1, 0.15) is 19.4 Å². The average molecular weight is 304 g/mol. The van der Waals surface area contributed by atoms with Gasteiger partial charge in [0.1, 0.15) is 11.9 Å². The standard InChI is InChI=1S/C12H15BrFNO2/c1-6(2)11(12(16)17)15-10-5-8(13)9(14)4-7(10)3/h4-6,11,15H,1-3H3,(H,16,17). The highest BCUT2D eigenvalue weighted by molar-refractivity contribution is 9.10. The van der Waals surface area contributed by atoms with Crippen LogP contribution < -0.4 is 5.32 Å². The quantitative estimate of drug-likeness (QED) is 0.896. The van der Waals surface area contributed by atoms with Crippen LogP contribution in [0.5, 0.6) is 0 Å². The second kappa shape index (κ2) is 5.49. The minimum Gasteiger partial charge on any atom is -0.480 e. The summed E-state index contributed by atoms with van der Waals surface area (Å²) in [5.74, 6) is -1.33. The Balaban J connectivity index is 3.01. The van der Waals surface area contributed by atoms with Gasteiger partial charge in [0, 0.05) is 5.69 Å². The molecule has 0 aliphatic carbocycles. The maximum absolute atomic E-state index is 13.2. The van der Waals surface area contributed by atoms with E-state index in [9.17, 15) is 9.18 Å². The SMILES string of the molecule is Cc1cc(F)c(Br)cc1NC(C(=O)O)C(C)C. The smallest absolute Gasteiger partial charge is 0.326 e.